The SMILES string of the molecule is NCCC(C(F)F)C1CCOCC1. The van der Waals surface area contributed by atoms with E-state index in [9.17, 15) is 8.78 Å². The summed E-state index contributed by atoms with van der Waals surface area (Å²) < 4.78 is 30.3. The summed E-state index contributed by atoms with van der Waals surface area (Å²) in [4.78, 5) is 0. The Morgan fingerprint density at radius 2 is 1.92 bits per heavy atom. The van der Waals surface area contributed by atoms with E-state index in [1.807, 2.05) is 0 Å². The molecule has 0 amide bonds. The Morgan fingerprint density at radius 1 is 1.31 bits per heavy atom. The standard InChI is InChI=1S/C9H17F2NO/c10-9(11)8(1-4-12)7-2-5-13-6-3-7/h7-9H,1-6,12H2. The first kappa shape index (κ1) is 10.9. The Kier molecular flexibility index (Phi) is 4.59. The van der Waals surface area contributed by atoms with Gasteiger partial charge in [-0.25, -0.2) is 8.78 Å². The van der Waals surface area contributed by atoms with E-state index in [0.717, 1.165) is 12.8 Å². The first-order chi connectivity index (χ1) is 6.25. The second kappa shape index (κ2) is 5.50. The maximum absolute atomic E-state index is 12.6. The minimum Gasteiger partial charge on any atom is -0.381 e. The zero-order chi connectivity index (χ0) is 9.68. The summed E-state index contributed by atoms with van der Waals surface area (Å²) in [7, 11) is 0. The minimum absolute atomic E-state index is 0.109. The fourth-order valence-electron chi connectivity index (χ4n) is 1.90. The van der Waals surface area contributed by atoms with Crippen molar-refractivity contribution in [1.82, 2.24) is 0 Å². The zero-order valence-corrected chi connectivity index (χ0v) is 7.72. The molecule has 1 heterocycles. The van der Waals surface area contributed by atoms with Crippen LogP contribution in [0.3, 0.4) is 0 Å². The molecule has 0 radical (unpaired) electrons. The lowest BCUT2D eigenvalue weighted by atomic mass is 9.84. The van der Waals surface area contributed by atoms with Crippen molar-refractivity contribution >= 4 is 0 Å². The predicted molar refractivity (Wildman–Crippen MR) is 46.7 cm³/mol. The van der Waals surface area contributed by atoms with E-state index in [-0.39, 0.29) is 5.92 Å². The van der Waals surface area contributed by atoms with Gasteiger partial charge >= 0.3 is 0 Å². The van der Waals surface area contributed by atoms with Gasteiger partial charge in [-0.05, 0) is 31.7 Å². The number of nitrogens with two attached hydrogens (primary N) is 1. The van der Waals surface area contributed by atoms with E-state index < -0.39 is 12.3 Å². The van der Waals surface area contributed by atoms with Crippen LogP contribution >= 0.6 is 0 Å². The van der Waals surface area contributed by atoms with Crippen molar-refractivity contribution < 1.29 is 13.5 Å². The van der Waals surface area contributed by atoms with Crippen LogP contribution in [0.4, 0.5) is 8.78 Å². The molecule has 2 nitrogen and oxygen atoms in total. The molecule has 1 rings (SSSR count). The van der Waals surface area contributed by atoms with Gasteiger partial charge < -0.3 is 10.5 Å². The van der Waals surface area contributed by atoms with Crippen LogP contribution in [-0.4, -0.2) is 26.2 Å². The van der Waals surface area contributed by atoms with Crippen LogP contribution in [0.1, 0.15) is 19.3 Å². The maximum Gasteiger partial charge on any atom is 0.241 e. The Labute approximate surface area is 77.4 Å². The number of ether oxygens (including phenoxy) is 1. The zero-order valence-electron chi connectivity index (χ0n) is 7.72. The summed E-state index contributed by atoms with van der Waals surface area (Å²) in [6.07, 6.45) is -0.279. The van der Waals surface area contributed by atoms with E-state index in [2.05, 4.69) is 0 Å². The Hall–Kier alpha value is -0.220. The highest BCUT2D eigenvalue weighted by atomic mass is 19.3. The van der Waals surface area contributed by atoms with Crippen LogP contribution in [0, 0.1) is 11.8 Å². The molecular formula is C9H17F2NO. The molecule has 0 aromatic carbocycles. The van der Waals surface area contributed by atoms with Gasteiger partial charge in [-0.3, -0.25) is 0 Å². The fraction of sp³-hybridized carbons (Fsp3) is 1.00. The molecule has 13 heavy (non-hydrogen) atoms. The molecule has 1 unspecified atom stereocenters. The third kappa shape index (κ3) is 3.19. The maximum atomic E-state index is 12.6. The molecule has 78 valence electrons. The summed E-state index contributed by atoms with van der Waals surface area (Å²) >= 11 is 0. The van der Waals surface area contributed by atoms with Crippen molar-refractivity contribution in [2.45, 2.75) is 25.7 Å². The van der Waals surface area contributed by atoms with E-state index in [0.29, 0.717) is 26.2 Å². The van der Waals surface area contributed by atoms with Crippen molar-refractivity contribution in [3.05, 3.63) is 0 Å². The largest absolute Gasteiger partial charge is 0.381 e. The smallest absolute Gasteiger partial charge is 0.241 e. The van der Waals surface area contributed by atoms with Crippen molar-refractivity contribution in [3.63, 3.8) is 0 Å². The van der Waals surface area contributed by atoms with Gasteiger partial charge in [-0.15, -0.1) is 0 Å². The molecule has 0 aromatic rings. The molecule has 0 bridgehead atoms. The average Bonchev–Trinajstić information content (AvgIpc) is 2.15. The normalized spacial score (nSPS) is 22.2. The molecule has 4 heteroatoms. The molecule has 0 saturated carbocycles. The second-order valence-electron chi connectivity index (χ2n) is 3.53. The third-order valence-corrected chi connectivity index (χ3v) is 2.70. The van der Waals surface area contributed by atoms with E-state index in [4.69, 9.17) is 10.5 Å². The molecular weight excluding hydrogens is 176 g/mol. The average molecular weight is 193 g/mol. The summed E-state index contributed by atoms with van der Waals surface area (Å²) in [6.45, 7) is 1.60. The predicted octanol–water partition coefficient (Wildman–Crippen LogP) is 1.64. The number of hydrogen-bond donors (Lipinski definition) is 1. The van der Waals surface area contributed by atoms with E-state index in [1.54, 1.807) is 0 Å². The molecule has 2 N–H and O–H groups in total. The van der Waals surface area contributed by atoms with Gasteiger partial charge in [0.15, 0.2) is 0 Å². The first-order valence-corrected chi connectivity index (χ1v) is 4.81. The molecule has 1 saturated heterocycles. The molecule has 0 aromatic heterocycles. The molecule has 0 spiro atoms. The minimum atomic E-state index is -2.23. The van der Waals surface area contributed by atoms with Crippen molar-refractivity contribution in [2.75, 3.05) is 19.8 Å². The van der Waals surface area contributed by atoms with Crippen molar-refractivity contribution in [1.29, 1.82) is 0 Å². The van der Waals surface area contributed by atoms with E-state index in [1.165, 1.54) is 0 Å². The van der Waals surface area contributed by atoms with Gasteiger partial charge in [0.05, 0.1) is 0 Å². The van der Waals surface area contributed by atoms with Crippen LogP contribution in [0.2, 0.25) is 0 Å². The topological polar surface area (TPSA) is 35.2 Å². The van der Waals surface area contributed by atoms with Crippen LogP contribution in [0.25, 0.3) is 0 Å². The Balaban J connectivity index is 2.41. The van der Waals surface area contributed by atoms with Crippen LogP contribution in [0.15, 0.2) is 0 Å². The first-order valence-electron chi connectivity index (χ1n) is 4.81. The van der Waals surface area contributed by atoms with Crippen LogP contribution < -0.4 is 5.73 Å². The molecule has 0 aliphatic carbocycles. The Morgan fingerprint density at radius 3 is 2.38 bits per heavy atom. The van der Waals surface area contributed by atoms with Gasteiger partial charge in [0.1, 0.15) is 0 Å². The number of alkyl halides is 2. The summed E-state index contributed by atoms with van der Waals surface area (Å²) in [5, 5.41) is 0. The van der Waals surface area contributed by atoms with Gasteiger partial charge in [0, 0.05) is 19.1 Å². The second-order valence-corrected chi connectivity index (χ2v) is 3.53. The number of halogens is 2. The molecule has 1 aliphatic heterocycles. The van der Waals surface area contributed by atoms with Crippen molar-refractivity contribution in [2.24, 2.45) is 17.6 Å². The van der Waals surface area contributed by atoms with E-state index >= 15 is 0 Å². The van der Waals surface area contributed by atoms with Crippen molar-refractivity contribution in [3.8, 4) is 0 Å². The molecule has 1 atom stereocenters. The van der Waals surface area contributed by atoms with Gasteiger partial charge in [-0.1, -0.05) is 0 Å². The highest BCUT2D eigenvalue weighted by Crippen LogP contribution is 2.30. The lowest BCUT2D eigenvalue weighted by Crippen LogP contribution is -2.29. The van der Waals surface area contributed by atoms with Gasteiger partial charge in [-0.2, -0.15) is 0 Å². The highest BCUT2D eigenvalue weighted by Gasteiger charge is 2.30. The lowest BCUT2D eigenvalue weighted by molar-refractivity contribution is -0.0125. The van der Waals surface area contributed by atoms with Crippen LogP contribution in [-0.2, 0) is 4.74 Å². The van der Waals surface area contributed by atoms with Crippen LogP contribution in [0.5, 0.6) is 0 Å². The highest BCUT2D eigenvalue weighted by molar-refractivity contribution is 4.74. The summed E-state index contributed by atoms with van der Waals surface area (Å²) in [5.41, 5.74) is 5.31. The third-order valence-electron chi connectivity index (χ3n) is 2.70. The van der Waals surface area contributed by atoms with Gasteiger partial charge in [0.2, 0.25) is 6.43 Å². The quantitative estimate of drug-likeness (QED) is 0.736. The molecule has 1 aliphatic rings. The van der Waals surface area contributed by atoms with Gasteiger partial charge in [0.25, 0.3) is 0 Å². The number of rotatable bonds is 4. The Bertz CT molecular complexity index is 138. The fourth-order valence-corrected chi connectivity index (χ4v) is 1.90. The summed E-state index contributed by atoms with van der Waals surface area (Å²) in [6, 6.07) is 0. The monoisotopic (exact) mass is 193 g/mol. The lowest BCUT2D eigenvalue weighted by Gasteiger charge is -2.29. The summed E-state index contributed by atoms with van der Waals surface area (Å²) in [5.74, 6) is -0.411. The number of hydrogen-bond acceptors (Lipinski definition) is 2. The molecule has 1 fully saturated rings.